The van der Waals surface area contributed by atoms with Crippen LogP contribution in [0.3, 0.4) is 0 Å². The smallest absolute Gasteiger partial charge is 0.0646 e. The summed E-state index contributed by atoms with van der Waals surface area (Å²) in [7, 11) is 0. The maximum atomic E-state index is 2.49. The maximum absolute atomic E-state index is 2.49. The molecule has 8 rings (SSSR count). The van der Waals surface area contributed by atoms with Gasteiger partial charge >= 0.3 is 0 Å². The van der Waals surface area contributed by atoms with E-state index in [1.807, 2.05) is 0 Å². The number of benzene rings is 6. The molecule has 0 atom stereocenters. The first-order valence-corrected chi connectivity index (χ1v) is 14.3. The van der Waals surface area contributed by atoms with Crippen LogP contribution < -0.4 is 0 Å². The molecular weight excluding hydrogens is 496 g/mol. The Balaban J connectivity index is 1.17. The van der Waals surface area contributed by atoms with Crippen LogP contribution in [0.15, 0.2) is 146 Å². The zero-order valence-electron chi connectivity index (χ0n) is 23.3. The van der Waals surface area contributed by atoms with Crippen LogP contribution in [0.4, 0.5) is 0 Å². The van der Waals surface area contributed by atoms with E-state index in [1.165, 1.54) is 66.0 Å². The lowest BCUT2D eigenvalue weighted by Gasteiger charge is -2.30. The van der Waals surface area contributed by atoms with E-state index in [0.29, 0.717) is 0 Å². The average Bonchev–Trinajstić information content (AvgIpc) is 3.55. The summed E-state index contributed by atoms with van der Waals surface area (Å²) in [5, 5.41) is 5.18. The number of hydrogen-bond acceptors (Lipinski definition) is 0. The highest BCUT2D eigenvalue weighted by Gasteiger charge is 2.27. The standard InChI is InChI=1S/C39H30N2/c1-39(2,41-37-17-9-5-13-33(37)34-14-6-10-18-38(34)41)29-23-19-27(20-24-29)28-21-25-30(26-22-28)40-35-15-7-3-11-31(35)32-12-4-8-16-36(32)40/h3-26H,1-2H3. The van der Waals surface area contributed by atoms with Crippen LogP contribution in [0.25, 0.3) is 60.4 Å². The van der Waals surface area contributed by atoms with Gasteiger partial charge in [-0.1, -0.05) is 109 Å². The normalized spacial score (nSPS) is 12.1. The van der Waals surface area contributed by atoms with Crippen LogP contribution in [0.1, 0.15) is 19.4 Å². The fourth-order valence-corrected chi connectivity index (χ4v) is 6.73. The Kier molecular flexibility index (Phi) is 5.20. The third kappa shape index (κ3) is 3.57. The summed E-state index contributed by atoms with van der Waals surface area (Å²) in [6.07, 6.45) is 0. The Bertz CT molecular complexity index is 2100. The molecule has 8 aromatic rings. The fourth-order valence-electron chi connectivity index (χ4n) is 6.73. The van der Waals surface area contributed by atoms with Gasteiger partial charge < -0.3 is 9.13 Å². The van der Waals surface area contributed by atoms with Crippen molar-refractivity contribution in [3.05, 3.63) is 151 Å². The second kappa shape index (κ2) is 8.97. The van der Waals surface area contributed by atoms with E-state index in [1.54, 1.807) is 0 Å². The molecule has 2 heteroatoms. The third-order valence-electron chi connectivity index (χ3n) is 8.77. The second-order valence-electron chi connectivity index (χ2n) is 11.4. The average molecular weight is 527 g/mol. The molecule has 0 aliphatic rings. The van der Waals surface area contributed by atoms with Crippen LogP contribution in [0.2, 0.25) is 0 Å². The maximum Gasteiger partial charge on any atom is 0.0646 e. The first-order chi connectivity index (χ1) is 20.1. The van der Waals surface area contributed by atoms with E-state index < -0.39 is 0 Å². The number of para-hydroxylation sites is 4. The van der Waals surface area contributed by atoms with E-state index in [2.05, 4.69) is 169 Å². The Hall–Kier alpha value is -5.08. The van der Waals surface area contributed by atoms with E-state index in [-0.39, 0.29) is 5.54 Å². The molecule has 41 heavy (non-hydrogen) atoms. The second-order valence-corrected chi connectivity index (χ2v) is 11.4. The molecule has 0 radical (unpaired) electrons. The van der Waals surface area contributed by atoms with Crippen molar-refractivity contribution in [3.63, 3.8) is 0 Å². The Labute approximate surface area is 239 Å². The number of rotatable bonds is 4. The van der Waals surface area contributed by atoms with Gasteiger partial charge in [-0.2, -0.15) is 0 Å². The van der Waals surface area contributed by atoms with Gasteiger partial charge in [0.25, 0.3) is 0 Å². The van der Waals surface area contributed by atoms with Gasteiger partial charge in [-0.25, -0.2) is 0 Å². The Morgan fingerprint density at radius 2 is 0.756 bits per heavy atom. The molecule has 0 saturated heterocycles. The summed E-state index contributed by atoms with van der Waals surface area (Å²) in [5.41, 5.74) is 9.69. The van der Waals surface area contributed by atoms with Crippen LogP contribution in [0, 0.1) is 0 Å². The van der Waals surface area contributed by atoms with Gasteiger partial charge in [-0.3, -0.25) is 0 Å². The summed E-state index contributed by atoms with van der Waals surface area (Å²) in [6, 6.07) is 52.9. The molecule has 0 fully saturated rings. The van der Waals surface area contributed by atoms with Gasteiger partial charge in [0.15, 0.2) is 0 Å². The van der Waals surface area contributed by atoms with Gasteiger partial charge in [0.05, 0.1) is 16.6 Å². The highest BCUT2D eigenvalue weighted by Crippen LogP contribution is 2.38. The quantitative estimate of drug-likeness (QED) is 0.216. The molecule has 0 amide bonds. The van der Waals surface area contributed by atoms with Crippen molar-refractivity contribution in [2.45, 2.75) is 19.4 Å². The molecule has 0 spiro atoms. The number of hydrogen-bond donors (Lipinski definition) is 0. The molecule has 0 unspecified atom stereocenters. The Morgan fingerprint density at radius 3 is 1.22 bits per heavy atom. The first kappa shape index (κ1) is 23.8. The Morgan fingerprint density at radius 1 is 0.390 bits per heavy atom. The van der Waals surface area contributed by atoms with Crippen molar-refractivity contribution in [1.29, 1.82) is 0 Å². The van der Waals surface area contributed by atoms with Crippen molar-refractivity contribution in [2.24, 2.45) is 0 Å². The predicted octanol–water partition coefficient (Wildman–Crippen LogP) is 10.3. The van der Waals surface area contributed by atoms with E-state index in [4.69, 9.17) is 0 Å². The van der Waals surface area contributed by atoms with Crippen LogP contribution in [-0.2, 0) is 5.54 Å². The molecule has 2 heterocycles. The number of fused-ring (bicyclic) bond motifs is 6. The zero-order chi connectivity index (χ0) is 27.6. The van der Waals surface area contributed by atoms with Crippen molar-refractivity contribution in [3.8, 4) is 16.8 Å². The molecule has 0 aliphatic heterocycles. The highest BCUT2D eigenvalue weighted by atomic mass is 15.1. The monoisotopic (exact) mass is 526 g/mol. The van der Waals surface area contributed by atoms with Crippen LogP contribution in [-0.4, -0.2) is 9.13 Å². The van der Waals surface area contributed by atoms with Gasteiger partial charge in [0.2, 0.25) is 0 Å². The summed E-state index contributed by atoms with van der Waals surface area (Å²) in [5.74, 6) is 0. The molecule has 2 aromatic heterocycles. The van der Waals surface area contributed by atoms with E-state index >= 15 is 0 Å². The van der Waals surface area contributed by atoms with Crippen molar-refractivity contribution < 1.29 is 0 Å². The zero-order valence-corrected chi connectivity index (χ0v) is 23.3. The predicted molar refractivity (Wildman–Crippen MR) is 174 cm³/mol. The first-order valence-electron chi connectivity index (χ1n) is 14.3. The molecule has 0 saturated carbocycles. The van der Waals surface area contributed by atoms with Crippen molar-refractivity contribution in [1.82, 2.24) is 9.13 Å². The van der Waals surface area contributed by atoms with E-state index in [9.17, 15) is 0 Å². The lowest BCUT2D eigenvalue weighted by atomic mass is 9.91. The highest BCUT2D eigenvalue weighted by molar-refractivity contribution is 6.09. The summed E-state index contributed by atoms with van der Waals surface area (Å²) in [4.78, 5) is 0. The SMILES string of the molecule is CC(C)(c1ccc(-c2ccc(-n3c4ccccc4c4ccccc43)cc2)cc1)n1c2ccccc2c2ccccc21. The lowest BCUT2D eigenvalue weighted by Crippen LogP contribution is -2.27. The third-order valence-corrected chi connectivity index (χ3v) is 8.77. The van der Waals surface area contributed by atoms with E-state index in [0.717, 1.165) is 0 Å². The topological polar surface area (TPSA) is 9.86 Å². The van der Waals surface area contributed by atoms with Crippen molar-refractivity contribution in [2.75, 3.05) is 0 Å². The summed E-state index contributed by atoms with van der Waals surface area (Å²) in [6.45, 7) is 4.64. The fraction of sp³-hybridized carbons (Fsp3) is 0.0769. The summed E-state index contributed by atoms with van der Waals surface area (Å²) < 4.78 is 4.86. The van der Waals surface area contributed by atoms with Gasteiger partial charge in [-0.15, -0.1) is 0 Å². The van der Waals surface area contributed by atoms with Gasteiger partial charge in [0, 0.05) is 38.3 Å². The molecule has 196 valence electrons. The minimum atomic E-state index is -0.221. The van der Waals surface area contributed by atoms with Crippen LogP contribution >= 0.6 is 0 Å². The van der Waals surface area contributed by atoms with Crippen molar-refractivity contribution >= 4 is 43.6 Å². The molecule has 0 N–H and O–H groups in total. The molecule has 2 nitrogen and oxygen atoms in total. The van der Waals surface area contributed by atoms with Gasteiger partial charge in [0.1, 0.15) is 0 Å². The molecule has 0 bridgehead atoms. The lowest BCUT2D eigenvalue weighted by molar-refractivity contribution is 0.465. The summed E-state index contributed by atoms with van der Waals surface area (Å²) >= 11 is 0. The van der Waals surface area contributed by atoms with Crippen LogP contribution in [0.5, 0.6) is 0 Å². The molecule has 0 aliphatic carbocycles. The largest absolute Gasteiger partial charge is 0.331 e. The molecular formula is C39H30N2. The minimum Gasteiger partial charge on any atom is -0.331 e. The number of nitrogens with zero attached hydrogens (tertiary/aromatic N) is 2. The molecule has 6 aromatic carbocycles. The number of aromatic nitrogens is 2. The minimum absolute atomic E-state index is 0.221. The van der Waals surface area contributed by atoms with Gasteiger partial charge in [-0.05, 0) is 66.9 Å².